The van der Waals surface area contributed by atoms with Gasteiger partial charge in [0.05, 0.1) is 0 Å². The average molecular weight is 282 g/mol. The molecule has 0 heterocycles. The summed E-state index contributed by atoms with van der Waals surface area (Å²) in [6.45, 7) is 0. The van der Waals surface area contributed by atoms with E-state index in [-0.39, 0.29) is 11.3 Å². The molecule has 0 bridgehead atoms. The van der Waals surface area contributed by atoms with Gasteiger partial charge in [0.15, 0.2) is 0 Å². The molecule has 1 rings (SSSR count). The van der Waals surface area contributed by atoms with Crippen molar-refractivity contribution in [1.29, 1.82) is 0 Å². The van der Waals surface area contributed by atoms with Crippen LogP contribution in [0.3, 0.4) is 0 Å². The number of benzene rings is 1. The molecular weight excluding hydrogens is 277 g/mol. The lowest BCUT2D eigenvalue weighted by atomic mass is 10.2. The van der Waals surface area contributed by atoms with Crippen LogP contribution in [0.2, 0.25) is 0 Å². The zero-order valence-electron chi connectivity index (χ0n) is 8.01. The lowest BCUT2D eigenvalue weighted by Crippen LogP contribution is -2.29. The van der Waals surface area contributed by atoms with Gasteiger partial charge in [-0.2, -0.15) is 8.42 Å². The highest BCUT2D eigenvalue weighted by Crippen LogP contribution is 2.15. The average Bonchev–Trinajstić information content (AvgIpc) is 2.13. The van der Waals surface area contributed by atoms with E-state index in [1.54, 1.807) is 0 Å². The van der Waals surface area contributed by atoms with E-state index >= 15 is 0 Å². The predicted octanol–water partition coefficient (Wildman–Crippen LogP) is 1.21. The largest absolute Gasteiger partial charge is 0.427 e. The van der Waals surface area contributed by atoms with E-state index in [1.165, 1.54) is 4.72 Å². The molecule has 0 spiro atoms. The van der Waals surface area contributed by atoms with Crippen LogP contribution in [0.4, 0.5) is 9.18 Å². The maximum Gasteiger partial charge on any atom is 0.427 e. The molecule has 0 aliphatic heterocycles. The standard InChI is InChI=1S/C8H5ClFNO5S/c9-17(14,15)11-8(13)16-7-2-5(4-12)1-6(10)3-7/h1-4H,(H,11,13). The number of rotatable bonds is 3. The molecule has 0 saturated heterocycles. The quantitative estimate of drug-likeness (QED) is 0.664. The Balaban J connectivity index is 2.85. The number of nitrogens with one attached hydrogen (secondary N) is 1. The van der Waals surface area contributed by atoms with Crippen molar-refractivity contribution in [2.75, 3.05) is 0 Å². The van der Waals surface area contributed by atoms with Crippen LogP contribution in [0, 0.1) is 5.82 Å². The minimum absolute atomic E-state index is 0.0680. The second-order valence-electron chi connectivity index (χ2n) is 2.77. The van der Waals surface area contributed by atoms with Crippen molar-refractivity contribution in [3.05, 3.63) is 29.6 Å². The van der Waals surface area contributed by atoms with E-state index in [4.69, 9.17) is 10.7 Å². The lowest BCUT2D eigenvalue weighted by Gasteiger charge is -2.04. The van der Waals surface area contributed by atoms with E-state index in [9.17, 15) is 22.4 Å². The molecule has 0 fully saturated rings. The molecule has 0 radical (unpaired) electrons. The zero-order valence-corrected chi connectivity index (χ0v) is 9.59. The Bertz CT molecular complexity index is 559. The van der Waals surface area contributed by atoms with Crippen molar-refractivity contribution in [2.24, 2.45) is 0 Å². The van der Waals surface area contributed by atoms with Crippen molar-refractivity contribution >= 4 is 32.3 Å². The Morgan fingerprint density at radius 3 is 2.59 bits per heavy atom. The first-order chi connectivity index (χ1) is 7.80. The van der Waals surface area contributed by atoms with Crippen LogP contribution in [0.15, 0.2) is 18.2 Å². The Labute approximate surface area is 99.9 Å². The number of hydrogen-bond donors (Lipinski definition) is 1. The fourth-order valence-electron chi connectivity index (χ4n) is 0.939. The molecule has 1 aromatic carbocycles. The number of ether oxygens (including phenoxy) is 1. The zero-order chi connectivity index (χ0) is 13.1. The molecule has 0 saturated carbocycles. The first-order valence-electron chi connectivity index (χ1n) is 4.00. The molecule has 1 amide bonds. The van der Waals surface area contributed by atoms with E-state index in [0.29, 0.717) is 6.29 Å². The SMILES string of the molecule is O=Cc1cc(F)cc(OC(=O)NS(=O)(=O)Cl)c1. The predicted molar refractivity (Wildman–Crippen MR) is 55.7 cm³/mol. The van der Waals surface area contributed by atoms with Gasteiger partial charge in [0.1, 0.15) is 17.9 Å². The molecule has 92 valence electrons. The summed E-state index contributed by atoms with van der Waals surface area (Å²) in [5.74, 6) is -1.14. The summed E-state index contributed by atoms with van der Waals surface area (Å²) in [7, 11) is 0.429. The van der Waals surface area contributed by atoms with Crippen LogP contribution in [0.5, 0.6) is 5.75 Å². The van der Waals surface area contributed by atoms with Gasteiger partial charge in [-0.25, -0.2) is 13.9 Å². The Kier molecular flexibility index (Phi) is 4.02. The molecule has 1 N–H and O–H groups in total. The highest BCUT2D eigenvalue weighted by atomic mass is 35.7. The lowest BCUT2D eigenvalue weighted by molar-refractivity contribution is 0.112. The third-order valence-electron chi connectivity index (χ3n) is 1.45. The summed E-state index contributed by atoms with van der Waals surface area (Å²) >= 11 is 0. The smallest absolute Gasteiger partial charge is 0.409 e. The van der Waals surface area contributed by atoms with Crippen molar-refractivity contribution in [3.63, 3.8) is 0 Å². The number of amides is 1. The van der Waals surface area contributed by atoms with Crippen LogP contribution < -0.4 is 9.46 Å². The number of carbonyl (C=O) groups excluding carboxylic acids is 2. The number of hydrogen-bond acceptors (Lipinski definition) is 5. The van der Waals surface area contributed by atoms with Gasteiger partial charge < -0.3 is 4.74 Å². The van der Waals surface area contributed by atoms with Crippen LogP contribution >= 0.6 is 10.7 Å². The van der Waals surface area contributed by atoms with Gasteiger partial charge in [0.2, 0.25) is 0 Å². The number of carbonyl (C=O) groups is 2. The van der Waals surface area contributed by atoms with E-state index in [2.05, 4.69) is 4.74 Å². The van der Waals surface area contributed by atoms with Crippen LogP contribution in [0.1, 0.15) is 10.4 Å². The number of aldehydes is 1. The Hall–Kier alpha value is -1.67. The third kappa shape index (κ3) is 4.79. The molecular formula is C8H5ClFNO5S. The maximum atomic E-state index is 12.9. The topological polar surface area (TPSA) is 89.5 Å². The summed E-state index contributed by atoms with van der Waals surface area (Å²) in [6, 6.07) is 2.76. The molecule has 0 aliphatic rings. The van der Waals surface area contributed by atoms with Crippen LogP contribution in [-0.2, 0) is 9.24 Å². The molecule has 0 aliphatic carbocycles. The molecule has 0 atom stereocenters. The fourth-order valence-corrected chi connectivity index (χ4v) is 1.37. The molecule has 1 aromatic rings. The second kappa shape index (κ2) is 5.11. The summed E-state index contributed by atoms with van der Waals surface area (Å²) in [4.78, 5) is 21.3. The van der Waals surface area contributed by atoms with Crippen LogP contribution in [0.25, 0.3) is 0 Å². The third-order valence-corrected chi connectivity index (χ3v) is 2.09. The monoisotopic (exact) mass is 281 g/mol. The van der Waals surface area contributed by atoms with Crippen LogP contribution in [-0.4, -0.2) is 20.8 Å². The van der Waals surface area contributed by atoms with Gasteiger partial charge in [-0.1, -0.05) is 0 Å². The second-order valence-corrected chi connectivity index (χ2v) is 5.07. The Morgan fingerprint density at radius 1 is 1.41 bits per heavy atom. The van der Waals surface area contributed by atoms with Gasteiger partial charge in [0.25, 0.3) is 0 Å². The summed E-state index contributed by atoms with van der Waals surface area (Å²) in [5, 5.41) is 0. The summed E-state index contributed by atoms with van der Waals surface area (Å²) in [6.07, 6.45) is -1.07. The van der Waals surface area contributed by atoms with Gasteiger partial charge in [-0.15, -0.1) is 0 Å². The normalized spacial score (nSPS) is 10.7. The van der Waals surface area contributed by atoms with E-state index in [0.717, 1.165) is 18.2 Å². The summed E-state index contributed by atoms with van der Waals surface area (Å²) in [5.41, 5.74) is -0.0680. The minimum atomic E-state index is -4.28. The molecule has 9 heteroatoms. The maximum absolute atomic E-state index is 12.9. The highest BCUT2D eigenvalue weighted by molar-refractivity contribution is 8.12. The first kappa shape index (κ1) is 13.4. The Morgan fingerprint density at radius 2 is 2.06 bits per heavy atom. The molecule has 0 aromatic heterocycles. The van der Waals surface area contributed by atoms with Gasteiger partial charge >= 0.3 is 15.3 Å². The minimum Gasteiger partial charge on any atom is -0.409 e. The molecule has 6 nitrogen and oxygen atoms in total. The van der Waals surface area contributed by atoms with Crippen molar-refractivity contribution in [3.8, 4) is 5.75 Å². The molecule has 0 unspecified atom stereocenters. The van der Waals surface area contributed by atoms with E-state index in [1.807, 2.05) is 0 Å². The fraction of sp³-hybridized carbons (Fsp3) is 0. The van der Waals surface area contributed by atoms with Gasteiger partial charge in [0, 0.05) is 22.3 Å². The van der Waals surface area contributed by atoms with Crippen molar-refractivity contribution in [1.82, 2.24) is 4.72 Å². The van der Waals surface area contributed by atoms with Crippen molar-refractivity contribution in [2.45, 2.75) is 0 Å². The first-order valence-corrected chi connectivity index (χ1v) is 6.31. The number of halogens is 2. The van der Waals surface area contributed by atoms with Crippen molar-refractivity contribution < 1.29 is 27.1 Å². The molecule has 17 heavy (non-hydrogen) atoms. The van der Waals surface area contributed by atoms with E-state index < -0.39 is 21.1 Å². The van der Waals surface area contributed by atoms with Gasteiger partial charge in [-0.05, 0) is 12.1 Å². The van der Waals surface area contributed by atoms with Gasteiger partial charge in [-0.3, -0.25) is 4.79 Å². The summed E-state index contributed by atoms with van der Waals surface area (Å²) < 4.78 is 39.5. The highest BCUT2D eigenvalue weighted by Gasteiger charge is 2.13.